The number of aliphatic imine (C=N–C) groups is 1. The fraction of sp³-hybridized carbons (Fsp3) is 0.0714. The summed E-state index contributed by atoms with van der Waals surface area (Å²) in [5.41, 5.74) is 2.94. The number of hydrogen-bond donors (Lipinski definition) is 0. The highest BCUT2D eigenvalue weighted by atomic mass is 16.3. The minimum atomic E-state index is 0.594. The van der Waals surface area contributed by atoms with E-state index in [1.807, 2.05) is 30.3 Å². The van der Waals surface area contributed by atoms with Crippen molar-refractivity contribution in [2.75, 3.05) is 0 Å². The first kappa shape index (κ1) is 9.16. The number of para-hydroxylation sites is 2. The molecule has 0 aliphatic heterocycles. The molecular weight excluding hydrogens is 198 g/mol. The van der Waals surface area contributed by atoms with E-state index < -0.39 is 0 Å². The van der Waals surface area contributed by atoms with Gasteiger partial charge in [0.1, 0.15) is 11.2 Å². The summed E-state index contributed by atoms with van der Waals surface area (Å²) in [6.07, 6.45) is 0. The fourth-order valence-electron chi connectivity index (χ4n) is 2.05. The molecule has 0 N–H and O–H groups in total. The van der Waals surface area contributed by atoms with E-state index in [9.17, 15) is 0 Å². The van der Waals surface area contributed by atoms with Crippen molar-refractivity contribution >= 4 is 28.7 Å². The van der Waals surface area contributed by atoms with Gasteiger partial charge < -0.3 is 4.42 Å². The van der Waals surface area contributed by atoms with Crippen molar-refractivity contribution in [3.63, 3.8) is 0 Å². The third kappa shape index (κ3) is 1.23. The van der Waals surface area contributed by atoms with E-state index in [0.717, 1.165) is 27.5 Å². The lowest BCUT2D eigenvalue weighted by atomic mass is 10.1. The first-order chi connectivity index (χ1) is 7.90. The number of benzene rings is 2. The van der Waals surface area contributed by atoms with Gasteiger partial charge >= 0.3 is 0 Å². The van der Waals surface area contributed by atoms with Crippen LogP contribution in [0.5, 0.6) is 0 Å². The SMILES string of the molecule is C=NCc1cccc2c1oc1ccccc12. The largest absolute Gasteiger partial charge is 0.456 e. The van der Waals surface area contributed by atoms with Crippen LogP contribution in [0.1, 0.15) is 5.56 Å². The number of fused-ring (bicyclic) bond motifs is 3. The van der Waals surface area contributed by atoms with Crippen LogP contribution >= 0.6 is 0 Å². The molecule has 0 bridgehead atoms. The van der Waals surface area contributed by atoms with Gasteiger partial charge in [-0.1, -0.05) is 36.4 Å². The Bertz CT molecular complexity index is 667. The van der Waals surface area contributed by atoms with Crippen LogP contribution in [0.25, 0.3) is 21.9 Å². The average molecular weight is 209 g/mol. The molecule has 0 saturated carbocycles. The lowest BCUT2D eigenvalue weighted by Crippen LogP contribution is -1.80. The van der Waals surface area contributed by atoms with Gasteiger partial charge in [-0.05, 0) is 12.8 Å². The summed E-state index contributed by atoms with van der Waals surface area (Å²) < 4.78 is 5.85. The standard InChI is InChI=1S/C14H11NO/c1-15-9-10-5-4-7-12-11-6-2-3-8-13(11)16-14(10)12/h2-8H,1,9H2. The Morgan fingerprint density at radius 3 is 2.69 bits per heavy atom. The first-order valence-electron chi connectivity index (χ1n) is 5.22. The Morgan fingerprint density at radius 2 is 1.81 bits per heavy atom. The van der Waals surface area contributed by atoms with Gasteiger partial charge in [0.05, 0.1) is 6.54 Å². The maximum atomic E-state index is 5.85. The molecule has 0 atom stereocenters. The minimum absolute atomic E-state index is 0.594. The lowest BCUT2D eigenvalue weighted by Gasteiger charge is -1.96. The van der Waals surface area contributed by atoms with Gasteiger partial charge in [0.2, 0.25) is 0 Å². The molecular formula is C14H11NO. The summed E-state index contributed by atoms with van der Waals surface area (Å²) in [6.45, 7) is 4.12. The lowest BCUT2D eigenvalue weighted by molar-refractivity contribution is 0.663. The molecule has 0 amide bonds. The van der Waals surface area contributed by atoms with Gasteiger partial charge in [-0.3, -0.25) is 4.99 Å². The van der Waals surface area contributed by atoms with Crippen molar-refractivity contribution in [1.82, 2.24) is 0 Å². The predicted molar refractivity (Wildman–Crippen MR) is 67.0 cm³/mol. The molecule has 2 nitrogen and oxygen atoms in total. The van der Waals surface area contributed by atoms with Crippen molar-refractivity contribution < 1.29 is 4.42 Å². The van der Waals surface area contributed by atoms with Gasteiger partial charge in [-0.2, -0.15) is 0 Å². The topological polar surface area (TPSA) is 25.5 Å². The highest BCUT2D eigenvalue weighted by molar-refractivity contribution is 6.05. The van der Waals surface area contributed by atoms with Crippen molar-refractivity contribution in [3.8, 4) is 0 Å². The van der Waals surface area contributed by atoms with E-state index >= 15 is 0 Å². The third-order valence-electron chi connectivity index (χ3n) is 2.77. The Hall–Kier alpha value is -2.09. The van der Waals surface area contributed by atoms with E-state index in [-0.39, 0.29) is 0 Å². The van der Waals surface area contributed by atoms with E-state index in [1.165, 1.54) is 0 Å². The van der Waals surface area contributed by atoms with E-state index in [2.05, 4.69) is 23.8 Å². The first-order valence-corrected chi connectivity index (χ1v) is 5.22. The second-order valence-electron chi connectivity index (χ2n) is 3.77. The molecule has 0 fully saturated rings. The molecule has 16 heavy (non-hydrogen) atoms. The average Bonchev–Trinajstić information content (AvgIpc) is 2.69. The quantitative estimate of drug-likeness (QED) is 0.589. The third-order valence-corrected chi connectivity index (χ3v) is 2.77. The van der Waals surface area contributed by atoms with Crippen LogP contribution in [0.15, 0.2) is 51.9 Å². The summed E-state index contributed by atoms with van der Waals surface area (Å²) in [4.78, 5) is 3.92. The fourth-order valence-corrected chi connectivity index (χ4v) is 2.05. The molecule has 0 aliphatic carbocycles. The molecule has 3 rings (SSSR count). The number of furan rings is 1. The van der Waals surface area contributed by atoms with Crippen LogP contribution in [-0.4, -0.2) is 6.72 Å². The molecule has 2 heteroatoms. The molecule has 0 spiro atoms. The molecule has 0 radical (unpaired) electrons. The molecule has 1 heterocycles. The van der Waals surface area contributed by atoms with Crippen LogP contribution in [0.4, 0.5) is 0 Å². The molecule has 1 aromatic heterocycles. The molecule has 3 aromatic rings. The molecule has 2 aromatic carbocycles. The van der Waals surface area contributed by atoms with Crippen LogP contribution in [0.3, 0.4) is 0 Å². The molecule has 0 unspecified atom stereocenters. The Balaban J connectivity index is 2.43. The van der Waals surface area contributed by atoms with E-state index in [4.69, 9.17) is 4.42 Å². The second kappa shape index (κ2) is 3.49. The van der Waals surface area contributed by atoms with Crippen molar-refractivity contribution in [2.45, 2.75) is 6.54 Å². The monoisotopic (exact) mass is 209 g/mol. The van der Waals surface area contributed by atoms with Crippen molar-refractivity contribution in [2.24, 2.45) is 4.99 Å². The number of nitrogens with zero attached hydrogens (tertiary/aromatic N) is 1. The van der Waals surface area contributed by atoms with E-state index in [1.54, 1.807) is 0 Å². The number of rotatable bonds is 2. The van der Waals surface area contributed by atoms with Crippen LogP contribution in [0, 0.1) is 0 Å². The summed E-state index contributed by atoms with van der Waals surface area (Å²) in [5.74, 6) is 0. The highest BCUT2D eigenvalue weighted by Crippen LogP contribution is 2.30. The molecule has 0 aliphatic rings. The summed E-state index contributed by atoms with van der Waals surface area (Å²) in [6, 6.07) is 14.2. The van der Waals surface area contributed by atoms with E-state index in [0.29, 0.717) is 6.54 Å². The van der Waals surface area contributed by atoms with Gasteiger partial charge in [-0.25, -0.2) is 0 Å². The summed E-state index contributed by atoms with van der Waals surface area (Å²) in [7, 11) is 0. The van der Waals surface area contributed by atoms with Gasteiger partial charge in [0, 0.05) is 16.3 Å². The zero-order valence-corrected chi connectivity index (χ0v) is 8.81. The molecule has 0 saturated heterocycles. The van der Waals surface area contributed by atoms with Crippen LogP contribution in [-0.2, 0) is 6.54 Å². The van der Waals surface area contributed by atoms with Crippen LogP contribution < -0.4 is 0 Å². The van der Waals surface area contributed by atoms with Gasteiger partial charge in [0.25, 0.3) is 0 Å². The summed E-state index contributed by atoms with van der Waals surface area (Å²) in [5, 5.41) is 2.31. The smallest absolute Gasteiger partial charge is 0.140 e. The van der Waals surface area contributed by atoms with Gasteiger partial charge in [0.15, 0.2) is 0 Å². The molecule has 78 valence electrons. The Morgan fingerprint density at radius 1 is 1.00 bits per heavy atom. The zero-order chi connectivity index (χ0) is 11.0. The number of hydrogen-bond acceptors (Lipinski definition) is 2. The normalized spacial score (nSPS) is 11.0. The maximum Gasteiger partial charge on any atom is 0.140 e. The van der Waals surface area contributed by atoms with Crippen molar-refractivity contribution in [1.29, 1.82) is 0 Å². The highest BCUT2D eigenvalue weighted by Gasteiger charge is 2.08. The predicted octanol–water partition coefficient (Wildman–Crippen LogP) is 3.79. The summed E-state index contributed by atoms with van der Waals surface area (Å²) >= 11 is 0. The minimum Gasteiger partial charge on any atom is -0.456 e. The Kier molecular flexibility index (Phi) is 2.00. The Labute approximate surface area is 93.2 Å². The maximum absolute atomic E-state index is 5.85. The second-order valence-corrected chi connectivity index (χ2v) is 3.77. The van der Waals surface area contributed by atoms with Crippen LogP contribution in [0.2, 0.25) is 0 Å². The van der Waals surface area contributed by atoms with Gasteiger partial charge in [-0.15, -0.1) is 0 Å². The zero-order valence-electron chi connectivity index (χ0n) is 8.81. The van der Waals surface area contributed by atoms with Crippen molar-refractivity contribution in [3.05, 3.63) is 48.0 Å².